The molecular weight excluding hydrogens is 152 g/mol. The third-order valence-electron chi connectivity index (χ3n) is 0.905. The highest BCUT2D eigenvalue weighted by molar-refractivity contribution is 6.32. The lowest BCUT2D eigenvalue weighted by Gasteiger charge is -2.05. The van der Waals surface area contributed by atoms with E-state index in [1.165, 1.54) is 0 Å². The first kappa shape index (κ1) is 10.1. The van der Waals surface area contributed by atoms with Gasteiger partial charge in [-0.05, 0) is 0 Å². The van der Waals surface area contributed by atoms with Crippen molar-refractivity contribution in [2.75, 3.05) is 13.2 Å². The predicted octanol–water partition coefficient (Wildman–Crippen LogP) is -1.53. The summed E-state index contributed by atoms with van der Waals surface area (Å²) in [7, 11) is 0. The number of ether oxygens (including phenoxy) is 1. The van der Waals surface area contributed by atoms with Gasteiger partial charge < -0.3 is 14.9 Å². The number of Topliss-reactive ketones (excluding diaryl/α,β-unsaturated/α-hetero) is 1. The van der Waals surface area contributed by atoms with Gasteiger partial charge in [0.25, 0.3) is 0 Å². The lowest BCUT2D eigenvalue weighted by Crippen LogP contribution is -2.24. The molecule has 0 aromatic heterocycles. The summed E-state index contributed by atoms with van der Waals surface area (Å²) in [5.74, 6) is -1.73. The molecule has 0 aliphatic heterocycles. The molecule has 11 heavy (non-hydrogen) atoms. The van der Waals surface area contributed by atoms with Gasteiger partial charge in [0.1, 0.15) is 12.7 Å². The highest BCUT2D eigenvalue weighted by Gasteiger charge is 2.11. The average Bonchev–Trinajstić information content (AvgIpc) is 1.99. The Kier molecular flexibility index (Phi) is 4.40. The molecule has 0 aliphatic carbocycles. The molecule has 0 heterocycles. The van der Waals surface area contributed by atoms with Crippen molar-refractivity contribution in [3.05, 3.63) is 0 Å². The van der Waals surface area contributed by atoms with Gasteiger partial charge in [0.15, 0.2) is 0 Å². The molecule has 0 amide bonds. The first-order valence-electron chi connectivity index (χ1n) is 3.04. The summed E-state index contributed by atoms with van der Waals surface area (Å²) in [6, 6.07) is 0. The van der Waals surface area contributed by atoms with Crippen LogP contribution in [0.1, 0.15) is 6.92 Å². The Balaban J connectivity index is 3.54. The Hall–Kier alpha value is -0.940. The van der Waals surface area contributed by atoms with E-state index in [4.69, 9.17) is 10.2 Å². The molecule has 0 aromatic carbocycles. The first-order chi connectivity index (χ1) is 5.07. The number of hydrogen-bond acceptors (Lipinski definition) is 5. The van der Waals surface area contributed by atoms with Crippen molar-refractivity contribution in [1.82, 2.24) is 0 Å². The zero-order valence-corrected chi connectivity index (χ0v) is 6.11. The minimum Gasteiger partial charge on any atom is -0.457 e. The van der Waals surface area contributed by atoms with Gasteiger partial charge in [0.2, 0.25) is 5.78 Å². The quantitative estimate of drug-likeness (QED) is 0.387. The van der Waals surface area contributed by atoms with E-state index in [-0.39, 0.29) is 6.61 Å². The molecule has 0 bridgehead atoms. The topological polar surface area (TPSA) is 83.8 Å². The molecular formula is C6H10O5. The Morgan fingerprint density at radius 2 is 2.09 bits per heavy atom. The number of esters is 1. The molecule has 0 aliphatic rings. The lowest BCUT2D eigenvalue weighted by atomic mass is 10.4. The van der Waals surface area contributed by atoms with Crippen LogP contribution in [0.3, 0.4) is 0 Å². The van der Waals surface area contributed by atoms with Crippen molar-refractivity contribution in [2.24, 2.45) is 0 Å². The summed E-state index contributed by atoms with van der Waals surface area (Å²) in [4.78, 5) is 20.6. The summed E-state index contributed by atoms with van der Waals surface area (Å²) in [5, 5.41) is 16.9. The Bertz CT molecular complexity index is 153. The van der Waals surface area contributed by atoms with Crippen LogP contribution in [0.2, 0.25) is 0 Å². The third-order valence-corrected chi connectivity index (χ3v) is 0.905. The standard InChI is InChI=1S/C6H10O5/c1-4(8)6(10)11-3-5(9)2-7/h5,7,9H,2-3H2,1H3. The summed E-state index contributed by atoms with van der Waals surface area (Å²) in [6.07, 6.45) is -1.11. The van der Waals surface area contributed by atoms with Crippen molar-refractivity contribution in [3.63, 3.8) is 0 Å². The molecule has 0 aromatic rings. The normalized spacial score (nSPS) is 12.3. The van der Waals surface area contributed by atoms with Crippen LogP contribution in [-0.2, 0) is 14.3 Å². The third kappa shape index (κ3) is 4.46. The van der Waals surface area contributed by atoms with E-state index in [0.717, 1.165) is 6.92 Å². The second-order valence-corrected chi connectivity index (χ2v) is 1.99. The van der Waals surface area contributed by atoms with Crippen molar-refractivity contribution >= 4 is 11.8 Å². The molecule has 0 fully saturated rings. The second kappa shape index (κ2) is 4.81. The summed E-state index contributed by atoms with van der Waals surface area (Å²) < 4.78 is 4.26. The summed E-state index contributed by atoms with van der Waals surface area (Å²) in [6.45, 7) is 0.216. The molecule has 5 nitrogen and oxygen atoms in total. The molecule has 0 saturated heterocycles. The van der Waals surface area contributed by atoms with Gasteiger partial charge in [0.05, 0.1) is 6.61 Å². The SMILES string of the molecule is CC(=O)C(=O)OCC(O)CO. The highest BCUT2D eigenvalue weighted by Crippen LogP contribution is 1.85. The summed E-state index contributed by atoms with van der Waals surface area (Å²) in [5.41, 5.74) is 0. The number of carbonyl (C=O) groups excluding carboxylic acids is 2. The molecule has 0 radical (unpaired) electrons. The van der Waals surface area contributed by atoms with Crippen molar-refractivity contribution < 1.29 is 24.5 Å². The van der Waals surface area contributed by atoms with E-state index in [2.05, 4.69) is 4.74 Å². The molecule has 0 saturated carbocycles. The number of aliphatic hydroxyl groups is 2. The zero-order valence-electron chi connectivity index (χ0n) is 6.11. The van der Waals surface area contributed by atoms with Gasteiger partial charge in [-0.15, -0.1) is 0 Å². The van der Waals surface area contributed by atoms with Crippen LogP contribution in [-0.4, -0.2) is 41.3 Å². The van der Waals surface area contributed by atoms with Crippen molar-refractivity contribution in [3.8, 4) is 0 Å². The highest BCUT2D eigenvalue weighted by atomic mass is 16.5. The van der Waals surface area contributed by atoms with E-state index < -0.39 is 24.5 Å². The second-order valence-electron chi connectivity index (χ2n) is 1.99. The van der Waals surface area contributed by atoms with E-state index >= 15 is 0 Å². The summed E-state index contributed by atoms with van der Waals surface area (Å²) >= 11 is 0. The first-order valence-corrected chi connectivity index (χ1v) is 3.04. The number of carbonyl (C=O) groups is 2. The molecule has 1 atom stereocenters. The van der Waals surface area contributed by atoms with Crippen LogP contribution in [0.25, 0.3) is 0 Å². The van der Waals surface area contributed by atoms with Crippen LogP contribution in [0.5, 0.6) is 0 Å². The molecule has 0 spiro atoms. The Morgan fingerprint density at radius 3 is 2.45 bits per heavy atom. The van der Waals surface area contributed by atoms with Crippen LogP contribution in [0, 0.1) is 0 Å². The van der Waals surface area contributed by atoms with Crippen LogP contribution in [0.15, 0.2) is 0 Å². The maximum atomic E-state index is 10.4. The minimum absolute atomic E-state index is 0.352. The van der Waals surface area contributed by atoms with Gasteiger partial charge in [-0.2, -0.15) is 0 Å². The van der Waals surface area contributed by atoms with Crippen molar-refractivity contribution in [2.45, 2.75) is 13.0 Å². The van der Waals surface area contributed by atoms with E-state index in [1.807, 2.05) is 0 Å². The van der Waals surface area contributed by atoms with Crippen LogP contribution < -0.4 is 0 Å². The van der Waals surface area contributed by atoms with Gasteiger partial charge in [-0.1, -0.05) is 0 Å². The number of aliphatic hydroxyl groups excluding tert-OH is 2. The molecule has 5 heteroatoms. The predicted molar refractivity (Wildman–Crippen MR) is 34.7 cm³/mol. The zero-order chi connectivity index (χ0) is 8.85. The fraction of sp³-hybridized carbons (Fsp3) is 0.667. The van der Waals surface area contributed by atoms with Crippen LogP contribution >= 0.6 is 0 Å². The molecule has 1 unspecified atom stereocenters. The fourth-order valence-corrected chi connectivity index (χ4v) is 0.326. The fourth-order valence-electron chi connectivity index (χ4n) is 0.326. The van der Waals surface area contributed by atoms with Gasteiger partial charge in [0, 0.05) is 6.92 Å². The Morgan fingerprint density at radius 1 is 1.55 bits per heavy atom. The Labute approximate surface area is 63.6 Å². The number of ketones is 1. The van der Waals surface area contributed by atoms with Gasteiger partial charge >= 0.3 is 5.97 Å². The van der Waals surface area contributed by atoms with Gasteiger partial charge in [-0.3, -0.25) is 4.79 Å². The van der Waals surface area contributed by atoms with Gasteiger partial charge in [-0.25, -0.2) is 4.79 Å². The van der Waals surface area contributed by atoms with E-state index in [0.29, 0.717) is 0 Å². The lowest BCUT2D eigenvalue weighted by molar-refractivity contribution is -0.155. The minimum atomic E-state index is -1.11. The monoisotopic (exact) mass is 162 g/mol. The molecule has 0 rings (SSSR count). The average molecular weight is 162 g/mol. The van der Waals surface area contributed by atoms with Crippen LogP contribution in [0.4, 0.5) is 0 Å². The maximum absolute atomic E-state index is 10.4. The largest absolute Gasteiger partial charge is 0.457 e. The van der Waals surface area contributed by atoms with Crippen molar-refractivity contribution in [1.29, 1.82) is 0 Å². The smallest absolute Gasteiger partial charge is 0.374 e. The maximum Gasteiger partial charge on any atom is 0.374 e. The number of rotatable bonds is 4. The van der Waals surface area contributed by atoms with E-state index in [1.54, 1.807) is 0 Å². The number of hydrogen-bond donors (Lipinski definition) is 2. The molecule has 64 valence electrons. The molecule has 2 N–H and O–H groups in total. The van der Waals surface area contributed by atoms with E-state index in [9.17, 15) is 9.59 Å².